The van der Waals surface area contributed by atoms with Gasteiger partial charge < -0.3 is 10.1 Å². The van der Waals surface area contributed by atoms with Gasteiger partial charge in [-0.05, 0) is 0 Å². The SMILES string of the molecule is C=C(Br)CNC(=O)CCOCC(F)F. The third-order valence-corrected chi connectivity index (χ3v) is 1.48. The molecule has 0 spiro atoms. The number of carbonyl (C=O) groups excluding carboxylic acids is 1. The van der Waals surface area contributed by atoms with Gasteiger partial charge in [0.15, 0.2) is 0 Å². The van der Waals surface area contributed by atoms with Crippen LogP contribution in [0.2, 0.25) is 0 Å². The molecule has 0 atom stereocenters. The van der Waals surface area contributed by atoms with Crippen molar-refractivity contribution in [2.75, 3.05) is 19.8 Å². The number of ether oxygens (including phenoxy) is 1. The lowest BCUT2D eigenvalue weighted by Gasteiger charge is -2.04. The molecule has 0 saturated heterocycles. The Bertz CT molecular complexity index is 200. The maximum absolute atomic E-state index is 11.6. The standard InChI is InChI=1S/C8H12BrF2NO2/c1-6(9)4-12-8(13)2-3-14-5-7(10)11/h7H,1-5H2,(H,12,13). The van der Waals surface area contributed by atoms with Crippen LogP contribution in [0.5, 0.6) is 0 Å². The van der Waals surface area contributed by atoms with E-state index in [1.54, 1.807) is 0 Å². The molecule has 0 aromatic heterocycles. The van der Waals surface area contributed by atoms with Gasteiger partial charge in [-0.15, -0.1) is 0 Å². The van der Waals surface area contributed by atoms with Gasteiger partial charge in [-0.1, -0.05) is 22.5 Å². The summed E-state index contributed by atoms with van der Waals surface area (Å²) in [5.74, 6) is -0.250. The third-order valence-electron chi connectivity index (χ3n) is 1.19. The molecule has 0 aliphatic rings. The Hall–Kier alpha value is -0.490. The number of rotatable bonds is 7. The van der Waals surface area contributed by atoms with Crippen LogP contribution in [0.15, 0.2) is 11.1 Å². The second kappa shape index (κ2) is 7.87. The average molecular weight is 272 g/mol. The van der Waals surface area contributed by atoms with Crippen molar-refractivity contribution in [3.8, 4) is 0 Å². The molecule has 0 aromatic carbocycles. The van der Waals surface area contributed by atoms with E-state index < -0.39 is 13.0 Å². The summed E-state index contributed by atoms with van der Waals surface area (Å²) in [7, 11) is 0. The lowest BCUT2D eigenvalue weighted by molar-refractivity contribution is -0.122. The van der Waals surface area contributed by atoms with Crippen molar-refractivity contribution >= 4 is 21.8 Å². The molecule has 0 saturated carbocycles. The second-order valence-electron chi connectivity index (χ2n) is 2.51. The smallest absolute Gasteiger partial charge is 0.261 e. The molecule has 0 aromatic rings. The molecule has 0 radical (unpaired) electrons. The first kappa shape index (κ1) is 13.5. The molecule has 0 rings (SSSR count). The summed E-state index contributed by atoms with van der Waals surface area (Å²) in [5.41, 5.74) is 0. The number of hydrogen-bond donors (Lipinski definition) is 1. The number of alkyl halides is 2. The van der Waals surface area contributed by atoms with Crippen LogP contribution in [-0.4, -0.2) is 32.1 Å². The van der Waals surface area contributed by atoms with Gasteiger partial charge >= 0.3 is 0 Å². The second-order valence-corrected chi connectivity index (χ2v) is 3.63. The number of hydrogen-bond acceptors (Lipinski definition) is 2. The molecule has 3 nitrogen and oxygen atoms in total. The van der Waals surface area contributed by atoms with Crippen molar-refractivity contribution < 1.29 is 18.3 Å². The maximum Gasteiger partial charge on any atom is 0.261 e. The molecule has 1 amide bonds. The van der Waals surface area contributed by atoms with E-state index in [1.165, 1.54) is 0 Å². The van der Waals surface area contributed by atoms with Crippen LogP contribution in [0.4, 0.5) is 8.78 Å². The minimum Gasteiger partial charge on any atom is -0.375 e. The van der Waals surface area contributed by atoms with Gasteiger partial charge in [0.25, 0.3) is 6.43 Å². The first-order valence-electron chi connectivity index (χ1n) is 3.98. The van der Waals surface area contributed by atoms with Crippen molar-refractivity contribution in [3.05, 3.63) is 11.1 Å². The van der Waals surface area contributed by atoms with E-state index in [9.17, 15) is 13.6 Å². The van der Waals surface area contributed by atoms with Gasteiger partial charge in [0.05, 0.1) is 6.61 Å². The Morgan fingerprint density at radius 1 is 1.57 bits per heavy atom. The summed E-state index contributed by atoms with van der Waals surface area (Å²) in [6.45, 7) is 3.22. The van der Waals surface area contributed by atoms with Crippen LogP contribution in [0.3, 0.4) is 0 Å². The fourth-order valence-corrected chi connectivity index (χ4v) is 0.760. The summed E-state index contributed by atoms with van der Waals surface area (Å²) < 4.78 is 28.3. The number of carbonyl (C=O) groups is 1. The molecule has 0 heterocycles. The van der Waals surface area contributed by atoms with Crippen LogP contribution in [0.25, 0.3) is 0 Å². The zero-order chi connectivity index (χ0) is 11.0. The summed E-state index contributed by atoms with van der Waals surface area (Å²) >= 11 is 3.06. The highest BCUT2D eigenvalue weighted by Gasteiger charge is 2.04. The third kappa shape index (κ3) is 9.60. The largest absolute Gasteiger partial charge is 0.375 e. The van der Waals surface area contributed by atoms with Crippen molar-refractivity contribution in [1.29, 1.82) is 0 Å². The van der Waals surface area contributed by atoms with Gasteiger partial charge in [-0.25, -0.2) is 8.78 Å². The molecule has 82 valence electrons. The number of halogens is 3. The van der Waals surface area contributed by atoms with Gasteiger partial charge in [0.1, 0.15) is 6.61 Å². The van der Waals surface area contributed by atoms with E-state index in [4.69, 9.17) is 0 Å². The van der Waals surface area contributed by atoms with Crippen LogP contribution in [0, 0.1) is 0 Å². The van der Waals surface area contributed by atoms with Gasteiger partial charge in [0, 0.05) is 17.4 Å². The first-order valence-corrected chi connectivity index (χ1v) is 4.77. The van der Waals surface area contributed by atoms with Crippen LogP contribution < -0.4 is 5.32 Å². The Morgan fingerprint density at radius 2 is 2.21 bits per heavy atom. The molecular formula is C8H12BrF2NO2. The molecular weight excluding hydrogens is 260 g/mol. The van der Waals surface area contributed by atoms with Gasteiger partial charge in [0.2, 0.25) is 5.91 Å². The molecule has 0 aliphatic heterocycles. The summed E-state index contributed by atoms with van der Waals surface area (Å²) in [6.07, 6.45) is -2.41. The Balaban J connectivity index is 3.31. The van der Waals surface area contributed by atoms with E-state index in [1.807, 2.05) is 0 Å². The van der Waals surface area contributed by atoms with Crippen LogP contribution >= 0.6 is 15.9 Å². The Labute approximate surface area is 89.6 Å². The van der Waals surface area contributed by atoms with E-state index in [0.29, 0.717) is 11.0 Å². The highest BCUT2D eigenvalue weighted by molar-refractivity contribution is 9.11. The highest BCUT2D eigenvalue weighted by atomic mass is 79.9. The zero-order valence-corrected chi connectivity index (χ0v) is 9.15. The lowest BCUT2D eigenvalue weighted by atomic mass is 10.4. The molecule has 1 N–H and O–H groups in total. The molecule has 0 unspecified atom stereocenters. The van der Waals surface area contributed by atoms with E-state index in [0.717, 1.165) is 0 Å². The maximum atomic E-state index is 11.6. The molecule has 6 heteroatoms. The normalized spacial score (nSPS) is 10.3. The van der Waals surface area contributed by atoms with E-state index >= 15 is 0 Å². The fourth-order valence-electron chi connectivity index (χ4n) is 0.620. The van der Waals surface area contributed by atoms with Gasteiger partial charge in [-0.3, -0.25) is 4.79 Å². The Kier molecular flexibility index (Phi) is 7.60. The minimum absolute atomic E-state index is 0.00490. The van der Waals surface area contributed by atoms with Crippen molar-refractivity contribution in [2.24, 2.45) is 0 Å². The summed E-state index contributed by atoms with van der Waals surface area (Å²) in [6, 6.07) is 0. The first-order chi connectivity index (χ1) is 6.52. The molecule has 0 fully saturated rings. The van der Waals surface area contributed by atoms with Crippen molar-refractivity contribution in [3.63, 3.8) is 0 Å². The Morgan fingerprint density at radius 3 is 2.71 bits per heavy atom. The lowest BCUT2D eigenvalue weighted by Crippen LogP contribution is -2.25. The average Bonchev–Trinajstić information content (AvgIpc) is 2.08. The molecule has 14 heavy (non-hydrogen) atoms. The zero-order valence-electron chi connectivity index (χ0n) is 7.56. The summed E-state index contributed by atoms with van der Waals surface area (Å²) in [4.78, 5) is 11.0. The minimum atomic E-state index is -2.49. The monoisotopic (exact) mass is 271 g/mol. The predicted octanol–water partition coefficient (Wildman–Crippen LogP) is 1.68. The molecule has 0 aliphatic carbocycles. The van der Waals surface area contributed by atoms with Crippen molar-refractivity contribution in [1.82, 2.24) is 5.32 Å². The quantitative estimate of drug-likeness (QED) is 0.716. The van der Waals surface area contributed by atoms with Gasteiger partial charge in [-0.2, -0.15) is 0 Å². The van der Waals surface area contributed by atoms with Crippen molar-refractivity contribution in [2.45, 2.75) is 12.8 Å². The number of nitrogens with one attached hydrogen (secondary N) is 1. The topological polar surface area (TPSA) is 38.3 Å². The van der Waals surface area contributed by atoms with Crippen LogP contribution in [0.1, 0.15) is 6.42 Å². The predicted molar refractivity (Wildman–Crippen MR) is 52.5 cm³/mol. The summed E-state index contributed by atoms with van der Waals surface area (Å²) in [5, 5.41) is 2.52. The van der Waals surface area contributed by atoms with E-state index in [2.05, 4.69) is 32.6 Å². The number of amides is 1. The fraction of sp³-hybridized carbons (Fsp3) is 0.625. The van der Waals surface area contributed by atoms with Crippen LogP contribution in [-0.2, 0) is 9.53 Å². The molecule has 0 bridgehead atoms. The van der Waals surface area contributed by atoms with E-state index in [-0.39, 0.29) is 18.9 Å². The highest BCUT2D eigenvalue weighted by Crippen LogP contribution is 1.97.